The number of pyridine rings is 1. The second-order valence-electron chi connectivity index (χ2n) is 2.99. The summed E-state index contributed by atoms with van der Waals surface area (Å²) < 4.78 is 0. The molecule has 1 N–H and O–H groups in total. The number of nitrogens with zero attached hydrogens (tertiary/aromatic N) is 2. The van der Waals surface area contributed by atoms with Crippen LogP contribution in [-0.2, 0) is 0 Å². The molecule has 0 unspecified atom stereocenters. The van der Waals surface area contributed by atoms with Crippen molar-refractivity contribution in [2.45, 2.75) is 0 Å². The van der Waals surface area contributed by atoms with Crippen LogP contribution in [0.25, 0.3) is 5.57 Å². The highest BCUT2D eigenvalue weighted by atomic mass is 79.9. The fourth-order valence-corrected chi connectivity index (χ4v) is 1.76. The first-order valence-electron chi connectivity index (χ1n) is 4.51. The molecule has 0 saturated heterocycles. The normalized spacial score (nSPS) is 19.0. The van der Waals surface area contributed by atoms with E-state index in [4.69, 9.17) is 0 Å². The summed E-state index contributed by atoms with van der Waals surface area (Å²) in [6, 6.07) is 1.93. The Labute approximate surface area is 96.8 Å². The van der Waals surface area contributed by atoms with Crippen LogP contribution in [0.2, 0.25) is 0 Å². The van der Waals surface area contributed by atoms with Gasteiger partial charge in [0.25, 0.3) is 0 Å². The summed E-state index contributed by atoms with van der Waals surface area (Å²) in [5.41, 5.74) is 3.72. The summed E-state index contributed by atoms with van der Waals surface area (Å²) in [7, 11) is 0. The van der Waals surface area contributed by atoms with Gasteiger partial charge in [0, 0.05) is 23.5 Å². The van der Waals surface area contributed by atoms with Crippen LogP contribution in [0.5, 0.6) is 0 Å². The van der Waals surface area contributed by atoms with E-state index in [0.717, 1.165) is 22.7 Å². The Hall–Kier alpha value is -1.42. The van der Waals surface area contributed by atoms with Gasteiger partial charge in [-0.05, 0) is 6.07 Å². The SMILES string of the molecule is C=C/C=C1\C(=N/CBr)Nc2ccncc21. The van der Waals surface area contributed by atoms with Crippen LogP contribution in [0, 0.1) is 0 Å². The number of allylic oxidation sites excluding steroid dienone is 2. The predicted octanol–water partition coefficient (Wildman–Crippen LogP) is 2.83. The molecule has 3 nitrogen and oxygen atoms in total. The monoisotopic (exact) mass is 263 g/mol. The summed E-state index contributed by atoms with van der Waals surface area (Å²) in [4.78, 5) is 8.42. The zero-order chi connectivity index (χ0) is 10.7. The second-order valence-corrected chi connectivity index (χ2v) is 3.49. The first-order valence-corrected chi connectivity index (χ1v) is 5.64. The number of amidine groups is 1. The number of halogens is 1. The molecule has 0 saturated carbocycles. The van der Waals surface area contributed by atoms with Crippen molar-refractivity contribution in [3.8, 4) is 0 Å². The maximum atomic E-state index is 4.32. The summed E-state index contributed by atoms with van der Waals surface area (Å²) in [5.74, 6) is 0.856. The Morgan fingerprint density at radius 2 is 2.47 bits per heavy atom. The van der Waals surface area contributed by atoms with Crippen LogP contribution in [0.15, 0.2) is 42.2 Å². The van der Waals surface area contributed by atoms with Gasteiger partial charge in [-0.1, -0.05) is 34.7 Å². The van der Waals surface area contributed by atoms with Gasteiger partial charge in [0.15, 0.2) is 0 Å². The van der Waals surface area contributed by atoms with Crippen LogP contribution < -0.4 is 5.32 Å². The molecule has 0 aromatic carbocycles. The molecule has 0 radical (unpaired) electrons. The number of alkyl halides is 1. The van der Waals surface area contributed by atoms with Gasteiger partial charge in [0.1, 0.15) is 5.84 Å². The van der Waals surface area contributed by atoms with Gasteiger partial charge in [0.05, 0.1) is 11.1 Å². The highest BCUT2D eigenvalue weighted by molar-refractivity contribution is 9.09. The number of aromatic nitrogens is 1. The molecule has 0 fully saturated rings. The summed E-state index contributed by atoms with van der Waals surface area (Å²) >= 11 is 3.29. The molecule has 0 bridgehead atoms. The van der Waals surface area contributed by atoms with Gasteiger partial charge in [-0.2, -0.15) is 0 Å². The van der Waals surface area contributed by atoms with Crippen LogP contribution in [0.4, 0.5) is 5.69 Å². The van der Waals surface area contributed by atoms with Crippen LogP contribution in [-0.4, -0.2) is 16.3 Å². The maximum Gasteiger partial charge on any atom is 0.134 e. The lowest BCUT2D eigenvalue weighted by atomic mass is 10.1. The smallest absolute Gasteiger partial charge is 0.134 e. The van der Waals surface area contributed by atoms with Crippen molar-refractivity contribution in [1.29, 1.82) is 0 Å². The molecule has 4 heteroatoms. The van der Waals surface area contributed by atoms with Gasteiger partial charge in [-0.15, -0.1) is 0 Å². The van der Waals surface area contributed by atoms with Crippen LogP contribution >= 0.6 is 15.9 Å². The van der Waals surface area contributed by atoms with Crippen molar-refractivity contribution in [2.75, 3.05) is 10.8 Å². The summed E-state index contributed by atoms with van der Waals surface area (Å²) in [6.45, 7) is 3.70. The van der Waals surface area contributed by atoms with E-state index in [1.54, 1.807) is 12.3 Å². The highest BCUT2D eigenvalue weighted by Gasteiger charge is 2.21. The molecule has 76 valence electrons. The zero-order valence-electron chi connectivity index (χ0n) is 8.07. The second kappa shape index (κ2) is 4.40. The average molecular weight is 264 g/mol. The topological polar surface area (TPSA) is 37.3 Å². The Morgan fingerprint density at radius 1 is 1.60 bits per heavy atom. The number of aliphatic imine (C=N–C) groups is 1. The molecule has 1 aliphatic heterocycles. The molecule has 15 heavy (non-hydrogen) atoms. The molecule has 0 aliphatic carbocycles. The lowest BCUT2D eigenvalue weighted by molar-refractivity contribution is 1.32. The van der Waals surface area contributed by atoms with Crippen molar-refractivity contribution in [2.24, 2.45) is 4.99 Å². The van der Waals surface area contributed by atoms with E-state index in [0.29, 0.717) is 5.45 Å². The van der Waals surface area contributed by atoms with Crippen LogP contribution in [0.3, 0.4) is 0 Å². The van der Waals surface area contributed by atoms with Gasteiger partial charge >= 0.3 is 0 Å². The molecule has 0 spiro atoms. The van der Waals surface area contributed by atoms with Gasteiger partial charge in [-0.3, -0.25) is 9.98 Å². The van der Waals surface area contributed by atoms with E-state index >= 15 is 0 Å². The van der Waals surface area contributed by atoms with E-state index in [-0.39, 0.29) is 0 Å². The molecule has 1 aliphatic rings. The molecular formula is C11H10BrN3. The Morgan fingerprint density at radius 3 is 3.20 bits per heavy atom. The third-order valence-corrected chi connectivity index (χ3v) is 2.37. The molecule has 1 aromatic rings. The predicted molar refractivity (Wildman–Crippen MR) is 67.3 cm³/mol. The number of hydrogen-bond acceptors (Lipinski definition) is 2. The fourth-order valence-electron chi connectivity index (χ4n) is 1.51. The van der Waals surface area contributed by atoms with E-state index < -0.39 is 0 Å². The lowest BCUT2D eigenvalue weighted by Gasteiger charge is -1.97. The first kappa shape index (κ1) is 10.1. The van der Waals surface area contributed by atoms with Crippen molar-refractivity contribution in [1.82, 2.24) is 4.98 Å². The third-order valence-electron chi connectivity index (χ3n) is 2.12. The van der Waals surface area contributed by atoms with E-state index in [1.807, 2.05) is 18.3 Å². The summed E-state index contributed by atoms with van der Waals surface area (Å²) in [5, 5.41) is 3.23. The highest BCUT2D eigenvalue weighted by Crippen LogP contribution is 2.31. The Balaban J connectivity index is 2.52. The summed E-state index contributed by atoms with van der Waals surface area (Å²) in [6.07, 6.45) is 7.27. The van der Waals surface area contributed by atoms with Crippen molar-refractivity contribution < 1.29 is 0 Å². The maximum absolute atomic E-state index is 4.32. The number of hydrogen-bond donors (Lipinski definition) is 1. The quantitative estimate of drug-likeness (QED) is 0.658. The third kappa shape index (κ3) is 1.85. The lowest BCUT2D eigenvalue weighted by Crippen LogP contribution is -2.05. The van der Waals surface area contributed by atoms with E-state index in [9.17, 15) is 0 Å². The standard InChI is InChI=1S/C11H10BrN3/c1-2-3-8-9-6-13-5-4-10(9)15-11(8)14-7-12/h2-6H,1,7H2,(H,14,15)/b8-3-. The molecule has 0 atom stereocenters. The first-order chi connectivity index (χ1) is 7.36. The molecule has 0 amide bonds. The van der Waals surface area contributed by atoms with E-state index in [1.165, 1.54) is 0 Å². The number of rotatable bonds is 2. The number of anilines is 1. The fraction of sp³-hybridized carbons (Fsp3) is 0.0909. The zero-order valence-corrected chi connectivity index (χ0v) is 9.66. The van der Waals surface area contributed by atoms with E-state index in [2.05, 4.69) is 37.8 Å². The largest absolute Gasteiger partial charge is 0.339 e. The van der Waals surface area contributed by atoms with Crippen molar-refractivity contribution >= 4 is 33.0 Å². The molecular weight excluding hydrogens is 254 g/mol. The minimum atomic E-state index is 0.575. The van der Waals surface area contributed by atoms with Crippen molar-refractivity contribution in [3.05, 3.63) is 42.8 Å². The minimum Gasteiger partial charge on any atom is -0.339 e. The van der Waals surface area contributed by atoms with Crippen molar-refractivity contribution in [3.63, 3.8) is 0 Å². The Kier molecular flexibility index (Phi) is 2.97. The van der Waals surface area contributed by atoms with Gasteiger partial charge < -0.3 is 5.32 Å². The number of fused-ring (bicyclic) bond motifs is 1. The molecule has 2 heterocycles. The minimum absolute atomic E-state index is 0.575. The average Bonchev–Trinajstić information content (AvgIpc) is 2.59. The molecule has 1 aromatic heterocycles. The Bertz CT molecular complexity index is 449. The number of nitrogens with one attached hydrogen (secondary N) is 1. The van der Waals surface area contributed by atoms with Crippen LogP contribution in [0.1, 0.15) is 5.56 Å². The van der Waals surface area contributed by atoms with Gasteiger partial charge in [0.2, 0.25) is 0 Å². The van der Waals surface area contributed by atoms with Gasteiger partial charge in [-0.25, -0.2) is 0 Å². The molecule has 2 rings (SSSR count).